The van der Waals surface area contributed by atoms with Crippen molar-refractivity contribution < 1.29 is 4.79 Å². The number of nitrogens with zero attached hydrogens (tertiary/aromatic N) is 3. The van der Waals surface area contributed by atoms with Crippen molar-refractivity contribution in [3.05, 3.63) is 47.3 Å². The van der Waals surface area contributed by atoms with Crippen molar-refractivity contribution in [2.75, 3.05) is 23.3 Å². The van der Waals surface area contributed by atoms with E-state index >= 15 is 0 Å². The second-order valence-corrected chi connectivity index (χ2v) is 5.59. The van der Waals surface area contributed by atoms with Crippen LogP contribution in [-0.4, -0.2) is 29.0 Å². The molecule has 0 saturated carbocycles. The van der Waals surface area contributed by atoms with Crippen LogP contribution in [0.3, 0.4) is 0 Å². The Bertz CT molecular complexity index is 699. The fraction of sp³-hybridized carbons (Fsp3) is 0.353. The van der Waals surface area contributed by atoms with Crippen molar-refractivity contribution in [2.24, 2.45) is 0 Å². The Morgan fingerprint density at radius 3 is 2.95 bits per heavy atom. The van der Waals surface area contributed by atoms with Crippen LogP contribution in [0.25, 0.3) is 0 Å². The van der Waals surface area contributed by atoms with Crippen molar-refractivity contribution >= 4 is 17.5 Å². The van der Waals surface area contributed by atoms with E-state index in [1.165, 1.54) is 5.56 Å². The maximum atomic E-state index is 12.5. The number of rotatable bonds is 3. The first-order valence-electron chi connectivity index (χ1n) is 7.57. The Labute approximate surface area is 130 Å². The fourth-order valence-electron chi connectivity index (χ4n) is 2.66. The summed E-state index contributed by atoms with van der Waals surface area (Å²) in [6.07, 6.45) is 3.81. The molecule has 5 heteroatoms. The van der Waals surface area contributed by atoms with Crippen molar-refractivity contribution in [2.45, 2.75) is 26.7 Å². The Kier molecular flexibility index (Phi) is 4.04. The first-order valence-corrected chi connectivity index (χ1v) is 7.57. The number of benzene rings is 1. The van der Waals surface area contributed by atoms with Gasteiger partial charge in [0.1, 0.15) is 0 Å². The number of para-hydroxylation sites is 1. The summed E-state index contributed by atoms with van der Waals surface area (Å²) < 4.78 is 0. The van der Waals surface area contributed by atoms with Crippen LogP contribution in [-0.2, 0) is 11.2 Å². The lowest BCUT2D eigenvalue weighted by Crippen LogP contribution is -2.39. The number of hydrogen-bond donors (Lipinski definition) is 1. The van der Waals surface area contributed by atoms with Crippen molar-refractivity contribution in [3.63, 3.8) is 0 Å². The monoisotopic (exact) mass is 296 g/mol. The van der Waals surface area contributed by atoms with Crippen LogP contribution in [0.5, 0.6) is 0 Å². The van der Waals surface area contributed by atoms with Crippen molar-refractivity contribution in [1.82, 2.24) is 9.97 Å². The summed E-state index contributed by atoms with van der Waals surface area (Å²) in [5.74, 6) is 0.552. The maximum Gasteiger partial charge on any atom is 0.246 e. The molecule has 1 N–H and O–H groups in total. The van der Waals surface area contributed by atoms with E-state index in [-0.39, 0.29) is 12.5 Å². The molecule has 0 aliphatic carbocycles. The average Bonchev–Trinajstić information content (AvgIpc) is 2.55. The largest absolute Gasteiger partial charge is 0.345 e. The summed E-state index contributed by atoms with van der Waals surface area (Å²) in [6, 6.07) is 8.10. The number of nitrogens with one attached hydrogen (secondary N) is 1. The molecule has 0 spiro atoms. The third-order valence-electron chi connectivity index (χ3n) is 4.03. The van der Waals surface area contributed by atoms with Crippen LogP contribution in [0.4, 0.5) is 11.6 Å². The zero-order valence-corrected chi connectivity index (χ0v) is 13.0. The number of hydrogen-bond acceptors (Lipinski definition) is 4. The second-order valence-electron chi connectivity index (χ2n) is 5.59. The lowest BCUT2D eigenvalue weighted by Gasteiger charge is -2.29. The summed E-state index contributed by atoms with van der Waals surface area (Å²) in [5.41, 5.74) is 4.24. The van der Waals surface area contributed by atoms with E-state index in [1.54, 1.807) is 6.20 Å². The van der Waals surface area contributed by atoms with Crippen LogP contribution >= 0.6 is 0 Å². The first kappa shape index (κ1) is 14.5. The van der Waals surface area contributed by atoms with E-state index < -0.39 is 0 Å². The molecule has 0 saturated heterocycles. The van der Waals surface area contributed by atoms with Gasteiger partial charge in [0.15, 0.2) is 0 Å². The number of amides is 1. The van der Waals surface area contributed by atoms with E-state index in [1.807, 2.05) is 36.9 Å². The fourth-order valence-corrected chi connectivity index (χ4v) is 2.66. The highest BCUT2D eigenvalue weighted by Crippen LogP contribution is 2.26. The molecule has 1 aliphatic heterocycles. The number of aryl methyl sites for hydroxylation is 3. The molecule has 0 bridgehead atoms. The van der Waals surface area contributed by atoms with Gasteiger partial charge in [0, 0.05) is 24.1 Å². The SMILES string of the molecule is Cc1cnc(NCC(=O)N2CCCc3ccccc32)nc1C. The van der Waals surface area contributed by atoms with Crippen molar-refractivity contribution in [3.8, 4) is 0 Å². The summed E-state index contributed by atoms with van der Waals surface area (Å²) >= 11 is 0. The summed E-state index contributed by atoms with van der Waals surface area (Å²) in [7, 11) is 0. The zero-order chi connectivity index (χ0) is 15.5. The minimum Gasteiger partial charge on any atom is -0.345 e. The third-order valence-corrected chi connectivity index (χ3v) is 4.03. The van der Waals surface area contributed by atoms with Crippen LogP contribution < -0.4 is 10.2 Å². The lowest BCUT2D eigenvalue weighted by atomic mass is 10.0. The molecule has 3 rings (SSSR count). The summed E-state index contributed by atoms with van der Waals surface area (Å²) in [5, 5.41) is 3.03. The smallest absolute Gasteiger partial charge is 0.246 e. The molecule has 0 radical (unpaired) electrons. The standard InChI is InChI=1S/C17H20N4O/c1-12-10-18-17(20-13(12)2)19-11-16(22)21-9-5-7-14-6-3-4-8-15(14)21/h3-4,6,8,10H,5,7,9,11H2,1-2H3,(H,18,19,20). The highest BCUT2D eigenvalue weighted by atomic mass is 16.2. The normalized spacial score (nSPS) is 13.6. The van der Waals surface area contributed by atoms with Gasteiger partial charge in [-0.1, -0.05) is 18.2 Å². The summed E-state index contributed by atoms with van der Waals surface area (Å²) in [6.45, 7) is 4.88. The predicted octanol–water partition coefficient (Wildman–Crippen LogP) is 2.48. The van der Waals surface area contributed by atoms with Gasteiger partial charge in [-0.3, -0.25) is 4.79 Å². The molecule has 1 aromatic heterocycles. The molecule has 0 fully saturated rings. The van der Waals surface area contributed by atoms with Gasteiger partial charge in [0.2, 0.25) is 11.9 Å². The van der Waals surface area contributed by atoms with Crippen LogP contribution in [0.15, 0.2) is 30.5 Å². The van der Waals surface area contributed by atoms with Gasteiger partial charge in [-0.25, -0.2) is 9.97 Å². The Morgan fingerprint density at radius 1 is 1.32 bits per heavy atom. The topological polar surface area (TPSA) is 58.1 Å². The minimum atomic E-state index is 0.0500. The highest BCUT2D eigenvalue weighted by Gasteiger charge is 2.21. The van der Waals surface area contributed by atoms with Gasteiger partial charge < -0.3 is 10.2 Å². The number of fused-ring (bicyclic) bond motifs is 1. The van der Waals surface area contributed by atoms with E-state index in [0.29, 0.717) is 5.95 Å². The summed E-state index contributed by atoms with van der Waals surface area (Å²) in [4.78, 5) is 22.9. The van der Waals surface area contributed by atoms with E-state index in [4.69, 9.17) is 0 Å². The molecule has 114 valence electrons. The van der Waals surface area contributed by atoms with Gasteiger partial charge in [-0.05, 0) is 43.9 Å². The van der Waals surface area contributed by atoms with Gasteiger partial charge in [0.05, 0.1) is 6.54 Å². The Morgan fingerprint density at radius 2 is 2.14 bits per heavy atom. The van der Waals surface area contributed by atoms with Crippen LogP contribution in [0.2, 0.25) is 0 Å². The second kappa shape index (κ2) is 6.13. The first-order chi connectivity index (χ1) is 10.6. The van der Waals surface area contributed by atoms with Gasteiger partial charge in [0.25, 0.3) is 0 Å². The molecule has 0 unspecified atom stereocenters. The number of carbonyl (C=O) groups is 1. The minimum absolute atomic E-state index is 0.0500. The molecule has 2 heterocycles. The predicted molar refractivity (Wildman–Crippen MR) is 87.1 cm³/mol. The molecule has 2 aromatic rings. The molecule has 0 atom stereocenters. The van der Waals surface area contributed by atoms with Gasteiger partial charge >= 0.3 is 0 Å². The van der Waals surface area contributed by atoms with Crippen LogP contribution in [0.1, 0.15) is 23.2 Å². The number of aromatic nitrogens is 2. The molecule has 1 amide bonds. The van der Waals surface area contributed by atoms with E-state index in [0.717, 1.165) is 36.3 Å². The van der Waals surface area contributed by atoms with Crippen LogP contribution in [0, 0.1) is 13.8 Å². The quantitative estimate of drug-likeness (QED) is 0.945. The lowest BCUT2D eigenvalue weighted by molar-refractivity contribution is -0.117. The average molecular weight is 296 g/mol. The van der Waals surface area contributed by atoms with E-state index in [9.17, 15) is 4.79 Å². The molecular formula is C17H20N4O. The molecule has 1 aliphatic rings. The molecule has 22 heavy (non-hydrogen) atoms. The number of carbonyl (C=O) groups excluding carboxylic acids is 1. The van der Waals surface area contributed by atoms with Gasteiger partial charge in [-0.15, -0.1) is 0 Å². The van der Waals surface area contributed by atoms with E-state index in [2.05, 4.69) is 21.4 Å². The maximum absolute atomic E-state index is 12.5. The Balaban J connectivity index is 1.69. The third kappa shape index (κ3) is 2.93. The van der Waals surface area contributed by atoms with Crippen molar-refractivity contribution in [1.29, 1.82) is 0 Å². The molecular weight excluding hydrogens is 276 g/mol. The zero-order valence-electron chi connectivity index (χ0n) is 13.0. The highest BCUT2D eigenvalue weighted by molar-refractivity contribution is 5.97. The Hall–Kier alpha value is -2.43. The number of anilines is 2. The molecule has 1 aromatic carbocycles. The van der Waals surface area contributed by atoms with Gasteiger partial charge in [-0.2, -0.15) is 0 Å². The molecule has 5 nitrogen and oxygen atoms in total.